The molecule has 1 N–H and O–H groups in total. The third kappa shape index (κ3) is 11.4. The maximum atomic E-state index is 10.3. The minimum absolute atomic E-state index is 0.143. The molecule has 1 heterocycles. The fourth-order valence-electron chi connectivity index (χ4n) is 1.52. The number of aromatic nitrogens is 3. The molecule has 22 heavy (non-hydrogen) atoms. The number of carbonyl (C=O) groups is 1. The zero-order valence-electron chi connectivity index (χ0n) is 15.7. The van der Waals surface area contributed by atoms with Crippen molar-refractivity contribution in [3.63, 3.8) is 0 Å². The van der Waals surface area contributed by atoms with E-state index in [1.165, 1.54) is 0 Å². The van der Waals surface area contributed by atoms with E-state index in [2.05, 4.69) is 24.2 Å². The lowest BCUT2D eigenvalue weighted by atomic mass is 10.0. The first kappa shape index (κ1) is 23.0. The SMILES string of the molecule is CC.CC(=O)CCC(C)C.Cc1cn(C(C)(C)CCO)nn1. The molecule has 0 aromatic carbocycles. The Morgan fingerprint density at radius 1 is 1.36 bits per heavy atom. The molecule has 0 atom stereocenters. The molecular weight excluding hydrogens is 278 g/mol. The fourth-order valence-corrected chi connectivity index (χ4v) is 1.52. The summed E-state index contributed by atoms with van der Waals surface area (Å²) < 4.78 is 1.79. The van der Waals surface area contributed by atoms with E-state index in [1.54, 1.807) is 11.6 Å². The normalized spacial score (nSPS) is 10.5. The van der Waals surface area contributed by atoms with Gasteiger partial charge in [-0.05, 0) is 46.5 Å². The molecule has 1 aromatic rings. The van der Waals surface area contributed by atoms with Crippen LogP contribution in [0.5, 0.6) is 0 Å². The van der Waals surface area contributed by atoms with Crippen molar-refractivity contribution in [3.8, 4) is 0 Å². The molecule has 0 aliphatic heterocycles. The van der Waals surface area contributed by atoms with Crippen LogP contribution in [0.15, 0.2) is 6.20 Å². The Balaban J connectivity index is 0. The summed E-state index contributed by atoms with van der Waals surface area (Å²) in [6.07, 6.45) is 4.36. The monoisotopic (exact) mass is 313 g/mol. The Morgan fingerprint density at radius 3 is 2.18 bits per heavy atom. The molecular formula is C17H35N3O2. The van der Waals surface area contributed by atoms with Crippen LogP contribution in [0.4, 0.5) is 0 Å². The van der Waals surface area contributed by atoms with E-state index in [0.717, 1.165) is 18.5 Å². The first-order valence-corrected chi connectivity index (χ1v) is 8.18. The van der Waals surface area contributed by atoms with Crippen molar-refractivity contribution in [1.82, 2.24) is 15.0 Å². The van der Waals surface area contributed by atoms with E-state index in [-0.39, 0.29) is 12.1 Å². The number of hydrogen-bond acceptors (Lipinski definition) is 4. The summed E-state index contributed by atoms with van der Waals surface area (Å²) in [4.78, 5) is 10.3. The van der Waals surface area contributed by atoms with Crippen LogP contribution in [0.1, 0.15) is 73.4 Å². The van der Waals surface area contributed by atoms with E-state index < -0.39 is 0 Å². The molecule has 0 aliphatic rings. The van der Waals surface area contributed by atoms with Crippen LogP contribution >= 0.6 is 0 Å². The van der Waals surface area contributed by atoms with Gasteiger partial charge in [-0.25, -0.2) is 4.68 Å². The van der Waals surface area contributed by atoms with Crippen molar-refractivity contribution in [3.05, 3.63) is 11.9 Å². The van der Waals surface area contributed by atoms with Crippen molar-refractivity contribution in [2.24, 2.45) is 5.92 Å². The standard InChI is InChI=1S/C8H15N3O.C7H14O.C2H6/c1-7-6-11(10-9-7)8(2,3)4-5-12;1-6(2)4-5-7(3)8;1-2/h6,12H,4-5H2,1-3H3;6H,4-5H2,1-3H3;1-2H3. The molecule has 5 heteroatoms. The minimum atomic E-state index is -0.143. The van der Waals surface area contributed by atoms with E-state index in [1.807, 2.05) is 40.8 Å². The number of carbonyl (C=O) groups excluding carboxylic acids is 1. The van der Waals surface area contributed by atoms with Gasteiger partial charge in [-0.2, -0.15) is 0 Å². The molecule has 0 unspecified atom stereocenters. The van der Waals surface area contributed by atoms with Crippen molar-refractivity contribution in [2.45, 2.75) is 80.2 Å². The Morgan fingerprint density at radius 2 is 1.91 bits per heavy atom. The van der Waals surface area contributed by atoms with E-state index in [9.17, 15) is 4.79 Å². The molecule has 0 spiro atoms. The molecule has 1 aromatic heterocycles. The van der Waals surface area contributed by atoms with Crippen LogP contribution in [-0.2, 0) is 10.3 Å². The maximum Gasteiger partial charge on any atom is 0.129 e. The lowest BCUT2D eigenvalue weighted by Crippen LogP contribution is -2.28. The van der Waals surface area contributed by atoms with Gasteiger partial charge in [-0.1, -0.05) is 32.9 Å². The second kappa shape index (κ2) is 12.3. The summed E-state index contributed by atoms with van der Waals surface area (Å²) in [6.45, 7) is 16.0. The predicted molar refractivity (Wildman–Crippen MR) is 91.9 cm³/mol. The predicted octanol–water partition coefficient (Wildman–Crippen LogP) is 3.74. The third-order valence-corrected chi connectivity index (χ3v) is 3.03. The van der Waals surface area contributed by atoms with Crippen molar-refractivity contribution < 1.29 is 9.90 Å². The van der Waals surface area contributed by atoms with Gasteiger partial charge in [0.1, 0.15) is 5.78 Å². The average molecular weight is 313 g/mol. The van der Waals surface area contributed by atoms with Crippen molar-refractivity contribution in [2.75, 3.05) is 6.61 Å². The van der Waals surface area contributed by atoms with Gasteiger partial charge in [-0.15, -0.1) is 5.10 Å². The highest BCUT2D eigenvalue weighted by atomic mass is 16.3. The quantitative estimate of drug-likeness (QED) is 0.868. The lowest BCUT2D eigenvalue weighted by Gasteiger charge is -2.23. The Labute approximate surface area is 136 Å². The third-order valence-electron chi connectivity index (χ3n) is 3.03. The summed E-state index contributed by atoms with van der Waals surface area (Å²) in [7, 11) is 0. The highest BCUT2D eigenvalue weighted by Crippen LogP contribution is 2.17. The van der Waals surface area contributed by atoms with Gasteiger partial charge in [0, 0.05) is 19.2 Å². The van der Waals surface area contributed by atoms with Crippen molar-refractivity contribution >= 4 is 5.78 Å². The minimum Gasteiger partial charge on any atom is -0.396 e. The smallest absolute Gasteiger partial charge is 0.129 e. The second-order valence-corrected chi connectivity index (χ2v) is 6.23. The van der Waals surface area contributed by atoms with E-state index >= 15 is 0 Å². The van der Waals surface area contributed by atoms with Gasteiger partial charge >= 0.3 is 0 Å². The largest absolute Gasteiger partial charge is 0.396 e. The first-order chi connectivity index (χ1) is 10.2. The van der Waals surface area contributed by atoms with Gasteiger partial charge in [0.2, 0.25) is 0 Å². The van der Waals surface area contributed by atoms with Crippen LogP contribution in [0.25, 0.3) is 0 Å². The number of aryl methyl sites for hydroxylation is 1. The van der Waals surface area contributed by atoms with Crippen LogP contribution in [0, 0.1) is 12.8 Å². The Bertz CT molecular complexity index is 398. The van der Waals surface area contributed by atoms with Crippen LogP contribution in [0.3, 0.4) is 0 Å². The summed E-state index contributed by atoms with van der Waals surface area (Å²) in [5.74, 6) is 0.970. The molecule has 1 rings (SSSR count). The molecule has 0 amide bonds. The average Bonchev–Trinajstić information content (AvgIpc) is 2.87. The molecule has 0 aliphatic carbocycles. The summed E-state index contributed by atoms with van der Waals surface area (Å²) in [5.41, 5.74) is 0.761. The van der Waals surface area contributed by atoms with Crippen LogP contribution in [0.2, 0.25) is 0 Å². The van der Waals surface area contributed by atoms with Gasteiger partial charge in [0.05, 0.1) is 11.2 Å². The topological polar surface area (TPSA) is 68.0 Å². The van der Waals surface area contributed by atoms with Crippen LogP contribution < -0.4 is 0 Å². The van der Waals surface area contributed by atoms with Gasteiger partial charge in [-0.3, -0.25) is 0 Å². The van der Waals surface area contributed by atoms with Gasteiger partial charge in [0.15, 0.2) is 0 Å². The number of Topliss-reactive ketones (excluding diaryl/α,β-unsaturated/α-hetero) is 1. The molecule has 0 radical (unpaired) electrons. The van der Waals surface area contributed by atoms with Gasteiger partial charge in [0.25, 0.3) is 0 Å². The molecule has 0 bridgehead atoms. The lowest BCUT2D eigenvalue weighted by molar-refractivity contribution is -0.117. The summed E-state index contributed by atoms with van der Waals surface area (Å²) >= 11 is 0. The number of nitrogens with zero attached hydrogens (tertiary/aromatic N) is 3. The zero-order chi connectivity index (χ0) is 17.8. The first-order valence-electron chi connectivity index (χ1n) is 8.18. The van der Waals surface area contributed by atoms with Crippen LogP contribution in [-0.4, -0.2) is 32.5 Å². The molecule has 0 fully saturated rings. The fraction of sp³-hybridized carbons (Fsp3) is 0.824. The highest BCUT2D eigenvalue weighted by Gasteiger charge is 2.20. The molecule has 0 saturated carbocycles. The van der Waals surface area contributed by atoms with Crippen molar-refractivity contribution in [1.29, 1.82) is 0 Å². The zero-order valence-corrected chi connectivity index (χ0v) is 15.7. The summed E-state index contributed by atoms with van der Waals surface area (Å²) in [6, 6.07) is 0. The number of ketones is 1. The number of hydrogen-bond donors (Lipinski definition) is 1. The summed E-state index contributed by atoms with van der Waals surface area (Å²) in [5, 5.41) is 16.7. The second-order valence-electron chi connectivity index (χ2n) is 6.23. The molecule has 130 valence electrons. The molecule has 0 saturated heterocycles. The van der Waals surface area contributed by atoms with Gasteiger partial charge < -0.3 is 9.90 Å². The number of aliphatic hydroxyl groups excluding tert-OH is 1. The number of aliphatic hydroxyl groups is 1. The van der Waals surface area contributed by atoms with E-state index in [0.29, 0.717) is 18.1 Å². The highest BCUT2D eigenvalue weighted by molar-refractivity contribution is 5.75. The van der Waals surface area contributed by atoms with E-state index in [4.69, 9.17) is 5.11 Å². The number of rotatable bonds is 6. The Kier molecular flexibility index (Phi) is 12.9. The molecule has 5 nitrogen and oxygen atoms in total. The maximum absolute atomic E-state index is 10.3. The Hall–Kier alpha value is -1.23.